The molecule has 0 saturated heterocycles. The molecule has 3 aromatic heterocycles. The summed E-state index contributed by atoms with van der Waals surface area (Å²) in [4.78, 5) is 21.7. The van der Waals surface area contributed by atoms with Crippen molar-refractivity contribution in [2.45, 2.75) is 13.8 Å². The van der Waals surface area contributed by atoms with Crippen LogP contribution in [0.4, 0.5) is 0 Å². The minimum Gasteiger partial charge on any atom is -0.497 e. The highest BCUT2D eigenvalue weighted by molar-refractivity contribution is 7.71. The van der Waals surface area contributed by atoms with E-state index >= 15 is 0 Å². The van der Waals surface area contributed by atoms with Gasteiger partial charge in [-0.2, -0.15) is 0 Å². The zero-order valence-electron chi connectivity index (χ0n) is 13.9. The number of aromatic nitrogens is 3. The molecule has 1 aromatic carbocycles. The van der Waals surface area contributed by atoms with Crippen LogP contribution in [0.5, 0.6) is 5.75 Å². The van der Waals surface area contributed by atoms with Crippen molar-refractivity contribution in [2.75, 3.05) is 7.11 Å². The molecule has 3 heterocycles. The Morgan fingerprint density at radius 2 is 1.96 bits per heavy atom. The maximum Gasteiger partial charge on any atom is 0.276 e. The van der Waals surface area contributed by atoms with Gasteiger partial charge in [-0.05, 0) is 62.0 Å². The average molecular weight is 369 g/mol. The zero-order chi connectivity index (χ0) is 17.7. The summed E-state index contributed by atoms with van der Waals surface area (Å²) in [5, 5.41) is 0.968. The van der Waals surface area contributed by atoms with Crippen LogP contribution in [0.25, 0.3) is 26.1 Å². The first-order valence-corrected chi connectivity index (χ1v) is 8.92. The second kappa shape index (κ2) is 5.79. The molecule has 0 unspecified atom stereocenters. The fourth-order valence-corrected chi connectivity index (χ4v) is 4.51. The van der Waals surface area contributed by atoms with Crippen molar-refractivity contribution in [3.63, 3.8) is 0 Å². The summed E-state index contributed by atoms with van der Waals surface area (Å²) in [6, 6.07) is 9.26. The van der Waals surface area contributed by atoms with Gasteiger partial charge < -0.3 is 9.72 Å². The maximum atomic E-state index is 13.1. The predicted octanol–water partition coefficient (Wildman–Crippen LogP) is 4.28. The lowest BCUT2D eigenvalue weighted by Crippen LogP contribution is -2.19. The van der Waals surface area contributed by atoms with E-state index < -0.39 is 0 Å². The van der Waals surface area contributed by atoms with Gasteiger partial charge >= 0.3 is 0 Å². The van der Waals surface area contributed by atoms with Gasteiger partial charge in [0.2, 0.25) is 0 Å². The summed E-state index contributed by atoms with van der Waals surface area (Å²) in [6.07, 6.45) is 0. The first-order chi connectivity index (χ1) is 12.0. The van der Waals surface area contributed by atoms with E-state index in [4.69, 9.17) is 17.0 Å². The van der Waals surface area contributed by atoms with Gasteiger partial charge in [-0.3, -0.25) is 9.36 Å². The lowest BCUT2D eigenvalue weighted by molar-refractivity contribution is 0.414. The molecule has 0 atom stereocenters. The van der Waals surface area contributed by atoms with E-state index in [1.807, 2.05) is 32.0 Å². The molecule has 4 aromatic rings. The van der Waals surface area contributed by atoms with Gasteiger partial charge in [0.25, 0.3) is 5.56 Å². The third-order valence-electron chi connectivity index (χ3n) is 4.15. The molecule has 0 aliphatic carbocycles. The highest BCUT2D eigenvalue weighted by atomic mass is 32.1. The third-order valence-corrected chi connectivity index (χ3v) is 5.51. The highest BCUT2D eigenvalue weighted by Crippen LogP contribution is 2.32. The number of benzene rings is 1. The van der Waals surface area contributed by atoms with E-state index in [0.29, 0.717) is 15.2 Å². The largest absolute Gasteiger partial charge is 0.497 e. The molecule has 4 rings (SSSR count). The number of ether oxygens (including phenoxy) is 1. The number of hydrogen-bond acceptors (Lipinski definition) is 5. The smallest absolute Gasteiger partial charge is 0.276 e. The van der Waals surface area contributed by atoms with E-state index in [2.05, 4.69) is 9.97 Å². The van der Waals surface area contributed by atoms with Crippen molar-refractivity contribution in [1.29, 1.82) is 0 Å². The van der Waals surface area contributed by atoms with Crippen LogP contribution >= 0.6 is 23.6 Å². The Labute approximate surface area is 152 Å². The molecule has 7 heteroatoms. The number of methoxy groups -OCH3 is 1. The van der Waals surface area contributed by atoms with Crippen molar-refractivity contribution >= 4 is 44.0 Å². The minimum absolute atomic E-state index is 0.135. The first-order valence-electron chi connectivity index (χ1n) is 7.70. The van der Waals surface area contributed by atoms with Crippen LogP contribution in [-0.2, 0) is 0 Å². The first kappa shape index (κ1) is 16.0. The van der Waals surface area contributed by atoms with Gasteiger partial charge in [0.05, 0.1) is 18.3 Å². The van der Waals surface area contributed by atoms with Crippen LogP contribution in [0.2, 0.25) is 0 Å². The molecule has 25 heavy (non-hydrogen) atoms. The van der Waals surface area contributed by atoms with Gasteiger partial charge in [0.15, 0.2) is 4.77 Å². The van der Waals surface area contributed by atoms with Crippen molar-refractivity contribution < 1.29 is 4.74 Å². The minimum atomic E-state index is -0.135. The van der Waals surface area contributed by atoms with Gasteiger partial charge in [0.1, 0.15) is 15.3 Å². The average Bonchev–Trinajstić information content (AvgIpc) is 2.94. The summed E-state index contributed by atoms with van der Waals surface area (Å²) in [5.41, 5.74) is 3.35. The van der Waals surface area contributed by atoms with Crippen molar-refractivity contribution in [3.05, 3.63) is 56.7 Å². The summed E-state index contributed by atoms with van der Waals surface area (Å²) >= 11 is 6.86. The van der Waals surface area contributed by atoms with Gasteiger partial charge in [-0.15, -0.1) is 11.3 Å². The van der Waals surface area contributed by atoms with E-state index in [1.54, 1.807) is 19.2 Å². The normalized spacial score (nSPS) is 11.3. The second-order valence-corrected chi connectivity index (χ2v) is 7.22. The number of aromatic amines is 1. The number of thiophene rings is 1. The Kier molecular flexibility index (Phi) is 3.70. The van der Waals surface area contributed by atoms with Crippen LogP contribution in [0.1, 0.15) is 11.3 Å². The van der Waals surface area contributed by atoms with E-state index in [1.165, 1.54) is 15.9 Å². The fourth-order valence-electron chi connectivity index (χ4n) is 3.03. The van der Waals surface area contributed by atoms with Crippen LogP contribution in [0.3, 0.4) is 0 Å². The number of rotatable bonds is 2. The monoisotopic (exact) mass is 369 g/mol. The molecule has 0 aliphatic heterocycles. The standard InChI is InChI=1S/C18H15N3O2S2/c1-9-8-10(2)19-16-13(9)14-15(25-16)17(22)21(18(24)20-14)11-4-6-12(23-3)7-5-11/h4-8H,1-3H3,(H,20,24). The van der Waals surface area contributed by atoms with Crippen molar-refractivity contribution in [3.8, 4) is 11.4 Å². The fraction of sp³-hybridized carbons (Fsp3) is 0.167. The van der Waals surface area contributed by atoms with Crippen molar-refractivity contribution in [2.24, 2.45) is 0 Å². The molecule has 126 valence electrons. The summed E-state index contributed by atoms with van der Waals surface area (Å²) in [5.74, 6) is 0.727. The van der Waals surface area contributed by atoms with Crippen LogP contribution in [0, 0.1) is 18.6 Å². The quantitative estimate of drug-likeness (QED) is 0.536. The molecular formula is C18H15N3O2S2. The van der Waals surface area contributed by atoms with E-state index in [0.717, 1.165) is 32.7 Å². The molecule has 0 spiro atoms. The topological polar surface area (TPSA) is 59.9 Å². The number of nitrogens with zero attached hydrogens (tertiary/aromatic N) is 2. The van der Waals surface area contributed by atoms with Gasteiger partial charge in [-0.1, -0.05) is 0 Å². The van der Waals surface area contributed by atoms with Crippen LogP contribution in [-0.4, -0.2) is 21.6 Å². The Balaban J connectivity index is 2.07. The summed E-state index contributed by atoms with van der Waals surface area (Å²) in [6.45, 7) is 3.98. The maximum absolute atomic E-state index is 13.1. The molecule has 1 N–H and O–H groups in total. The molecule has 5 nitrogen and oxygen atoms in total. The Morgan fingerprint density at radius 1 is 1.24 bits per heavy atom. The van der Waals surface area contributed by atoms with Crippen LogP contribution < -0.4 is 10.3 Å². The molecule has 0 aliphatic rings. The SMILES string of the molecule is COc1ccc(-n2c(=S)[nH]c3c(sc4nc(C)cc(C)c43)c2=O)cc1. The summed E-state index contributed by atoms with van der Waals surface area (Å²) < 4.78 is 7.67. The Morgan fingerprint density at radius 3 is 2.64 bits per heavy atom. The van der Waals surface area contributed by atoms with Gasteiger partial charge in [-0.25, -0.2) is 4.98 Å². The Hall–Kier alpha value is -2.51. The number of nitrogens with one attached hydrogen (secondary N) is 1. The summed E-state index contributed by atoms with van der Waals surface area (Å²) in [7, 11) is 1.61. The molecule has 0 amide bonds. The molecule has 0 radical (unpaired) electrons. The molecule has 0 fully saturated rings. The lowest BCUT2D eigenvalue weighted by Gasteiger charge is -2.07. The van der Waals surface area contributed by atoms with Crippen molar-refractivity contribution in [1.82, 2.24) is 14.5 Å². The highest BCUT2D eigenvalue weighted by Gasteiger charge is 2.16. The molecule has 0 saturated carbocycles. The van der Waals surface area contributed by atoms with E-state index in [-0.39, 0.29) is 5.56 Å². The number of pyridine rings is 1. The Bertz CT molecular complexity index is 1230. The van der Waals surface area contributed by atoms with Gasteiger partial charge in [0, 0.05) is 11.1 Å². The third kappa shape index (κ3) is 2.47. The molecule has 0 bridgehead atoms. The zero-order valence-corrected chi connectivity index (χ0v) is 15.5. The number of hydrogen-bond donors (Lipinski definition) is 1. The number of fused-ring (bicyclic) bond motifs is 3. The number of aryl methyl sites for hydroxylation is 2. The second-order valence-electron chi connectivity index (χ2n) is 5.84. The molecular weight excluding hydrogens is 354 g/mol. The van der Waals surface area contributed by atoms with Crippen LogP contribution in [0.15, 0.2) is 35.1 Å². The lowest BCUT2D eigenvalue weighted by atomic mass is 10.1. The number of H-pyrrole nitrogens is 1. The predicted molar refractivity (Wildman–Crippen MR) is 104 cm³/mol. The van der Waals surface area contributed by atoms with E-state index in [9.17, 15) is 4.79 Å².